The van der Waals surface area contributed by atoms with Crippen LogP contribution in [0.5, 0.6) is 5.75 Å². The van der Waals surface area contributed by atoms with Crippen molar-refractivity contribution in [3.63, 3.8) is 0 Å². The summed E-state index contributed by atoms with van der Waals surface area (Å²) in [6.07, 6.45) is 0. The van der Waals surface area contributed by atoms with Crippen molar-refractivity contribution in [2.75, 3.05) is 12.8 Å². The molecular formula is C24H19N5O2S. The first kappa shape index (κ1) is 19.8. The molecule has 3 aromatic carbocycles. The molecule has 0 amide bonds. The molecule has 5 aromatic rings. The first-order valence-electron chi connectivity index (χ1n) is 9.98. The van der Waals surface area contributed by atoms with Gasteiger partial charge in [0.2, 0.25) is 0 Å². The summed E-state index contributed by atoms with van der Waals surface area (Å²) in [5.74, 6) is 0.109. The normalized spacial score (nSPS) is 13.1. The van der Waals surface area contributed by atoms with E-state index in [0.717, 1.165) is 26.6 Å². The molecule has 2 heterocycles. The van der Waals surface area contributed by atoms with Gasteiger partial charge < -0.3 is 10.5 Å². The highest BCUT2D eigenvalue weighted by atomic mass is 32.1. The number of H-pyrrole nitrogens is 1. The van der Waals surface area contributed by atoms with Crippen LogP contribution in [0.4, 0.5) is 5.82 Å². The van der Waals surface area contributed by atoms with Gasteiger partial charge in [0.25, 0.3) is 5.56 Å². The zero-order chi connectivity index (χ0) is 22.2. The van der Waals surface area contributed by atoms with Gasteiger partial charge in [-0.05, 0) is 29.0 Å². The van der Waals surface area contributed by atoms with Gasteiger partial charge in [-0.2, -0.15) is 5.26 Å². The van der Waals surface area contributed by atoms with E-state index in [2.05, 4.69) is 11.2 Å². The predicted molar refractivity (Wildman–Crippen MR) is 126 cm³/mol. The molecule has 0 aliphatic heterocycles. The van der Waals surface area contributed by atoms with Gasteiger partial charge in [0.05, 0.1) is 23.4 Å². The molecule has 0 bridgehead atoms. The molecule has 0 aliphatic rings. The second-order valence-electron chi connectivity index (χ2n) is 7.39. The lowest BCUT2D eigenvalue weighted by molar-refractivity contribution is 0.394. The van der Waals surface area contributed by atoms with E-state index in [9.17, 15) is 10.1 Å². The summed E-state index contributed by atoms with van der Waals surface area (Å²) in [4.78, 5) is 16.9. The Hall–Kier alpha value is -4.09. The number of thiazole rings is 1. The predicted octanol–water partition coefficient (Wildman–Crippen LogP) is 4.43. The Morgan fingerprint density at radius 1 is 1.16 bits per heavy atom. The number of rotatable bonds is 5. The van der Waals surface area contributed by atoms with Crippen molar-refractivity contribution >= 4 is 38.1 Å². The van der Waals surface area contributed by atoms with Crippen LogP contribution in [0.15, 0.2) is 71.5 Å². The fourth-order valence-electron chi connectivity index (χ4n) is 4.14. The Labute approximate surface area is 187 Å². The Morgan fingerprint density at radius 2 is 1.94 bits per heavy atom. The van der Waals surface area contributed by atoms with Crippen LogP contribution in [0, 0.1) is 11.3 Å². The first-order chi connectivity index (χ1) is 15.6. The number of benzene rings is 3. The van der Waals surface area contributed by atoms with Gasteiger partial charge >= 0.3 is 0 Å². The standard InChI is InChI=1S/C24H19N5O2S/c1-31-18-11-10-14-6-2-3-7-15(14)22(18)23(29-20(26)12-21(30)28-29)16(13-25)24-27-17-8-4-5-9-19(17)32-24/h2-12,16,23H,26H2,1H3,(H,28,30). The lowest BCUT2D eigenvalue weighted by atomic mass is 9.89. The number of nitrogens with two attached hydrogens (primary N) is 1. The van der Waals surface area contributed by atoms with E-state index >= 15 is 0 Å². The maximum Gasteiger partial charge on any atom is 0.266 e. The number of hydrogen-bond acceptors (Lipinski definition) is 6. The smallest absolute Gasteiger partial charge is 0.266 e. The van der Waals surface area contributed by atoms with Gasteiger partial charge in [0.1, 0.15) is 28.5 Å². The Balaban J connectivity index is 1.83. The van der Waals surface area contributed by atoms with Crippen LogP contribution >= 0.6 is 11.3 Å². The van der Waals surface area contributed by atoms with E-state index in [1.807, 2.05) is 60.7 Å². The molecular weight excluding hydrogens is 422 g/mol. The molecule has 158 valence electrons. The minimum Gasteiger partial charge on any atom is -0.496 e. The lowest BCUT2D eigenvalue weighted by Crippen LogP contribution is -2.23. The van der Waals surface area contributed by atoms with Crippen molar-refractivity contribution in [3.8, 4) is 11.8 Å². The van der Waals surface area contributed by atoms with Crippen LogP contribution in [0.3, 0.4) is 0 Å². The van der Waals surface area contributed by atoms with Gasteiger partial charge in [-0.25, -0.2) is 4.98 Å². The van der Waals surface area contributed by atoms with Crippen molar-refractivity contribution in [2.45, 2.75) is 12.0 Å². The monoisotopic (exact) mass is 441 g/mol. The van der Waals surface area contributed by atoms with Gasteiger partial charge in [0, 0.05) is 11.6 Å². The second-order valence-corrected chi connectivity index (χ2v) is 8.45. The molecule has 7 nitrogen and oxygen atoms in total. The summed E-state index contributed by atoms with van der Waals surface area (Å²) in [6, 6.07) is 22.5. The molecule has 0 saturated carbocycles. The summed E-state index contributed by atoms with van der Waals surface area (Å²) in [5, 5.41) is 15.7. The number of aromatic nitrogens is 3. The van der Waals surface area contributed by atoms with Crippen LogP contribution in [-0.2, 0) is 0 Å². The molecule has 2 atom stereocenters. The number of nitrogens with one attached hydrogen (secondary N) is 1. The van der Waals surface area contributed by atoms with Crippen LogP contribution in [0.1, 0.15) is 22.5 Å². The van der Waals surface area contributed by atoms with Gasteiger partial charge in [-0.15, -0.1) is 11.3 Å². The average Bonchev–Trinajstić information content (AvgIpc) is 3.38. The molecule has 2 unspecified atom stereocenters. The van der Waals surface area contributed by atoms with E-state index in [4.69, 9.17) is 15.5 Å². The van der Waals surface area contributed by atoms with E-state index < -0.39 is 12.0 Å². The molecule has 0 radical (unpaired) electrons. The van der Waals surface area contributed by atoms with Crippen LogP contribution in [0.25, 0.3) is 21.0 Å². The third kappa shape index (κ3) is 3.20. The first-order valence-corrected chi connectivity index (χ1v) is 10.8. The van der Waals surface area contributed by atoms with Gasteiger partial charge in [0.15, 0.2) is 0 Å². The summed E-state index contributed by atoms with van der Waals surface area (Å²) < 4.78 is 8.25. The van der Waals surface area contributed by atoms with Crippen molar-refractivity contribution in [1.29, 1.82) is 5.26 Å². The zero-order valence-corrected chi connectivity index (χ0v) is 18.0. The summed E-state index contributed by atoms with van der Waals surface area (Å²) in [7, 11) is 1.59. The number of anilines is 1. The van der Waals surface area contributed by atoms with E-state index in [1.165, 1.54) is 17.4 Å². The summed E-state index contributed by atoms with van der Waals surface area (Å²) in [5.41, 5.74) is 7.47. The number of methoxy groups -OCH3 is 1. The SMILES string of the molecule is COc1ccc2ccccc2c1C(C(C#N)c1nc2ccccc2s1)n1[nH]c(=O)cc1N. The molecule has 0 fully saturated rings. The van der Waals surface area contributed by atoms with Crippen LogP contribution in [0.2, 0.25) is 0 Å². The molecule has 32 heavy (non-hydrogen) atoms. The van der Waals surface area contributed by atoms with E-state index in [-0.39, 0.29) is 11.4 Å². The maximum atomic E-state index is 12.2. The lowest BCUT2D eigenvalue weighted by Gasteiger charge is -2.26. The molecule has 5 rings (SSSR count). The summed E-state index contributed by atoms with van der Waals surface area (Å²) in [6.45, 7) is 0. The Kier molecular flexibility index (Phi) is 4.88. The number of nitrogen functional groups attached to an aromatic ring is 1. The molecule has 0 aliphatic carbocycles. The van der Waals surface area contributed by atoms with Crippen LogP contribution < -0.4 is 16.0 Å². The molecule has 3 N–H and O–H groups in total. The minimum absolute atomic E-state index is 0.233. The van der Waals surface area contributed by atoms with E-state index in [0.29, 0.717) is 10.8 Å². The Bertz CT molecular complexity index is 1510. The number of aromatic amines is 1. The molecule has 2 aromatic heterocycles. The highest BCUT2D eigenvalue weighted by molar-refractivity contribution is 7.18. The number of ether oxygens (including phenoxy) is 1. The highest BCUT2D eigenvalue weighted by Gasteiger charge is 2.34. The van der Waals surface area contributed by atoms with Gasteiger partial charge in [-0.3, -0.25) is 14.6 Å². The average molecular weight is 442 g/mol. The second kappa shape index (κ2) is 7.87. The number of nitrogens with zero attached hydrogens (tertiary/aromatic N) is 3. The number of nitriles is 1. The fourth-order valence-corrected chi connectivity index (χ4v) is 5.18. The maximum absolute atomic E-state index is 12.2. The Morgan fingerprint density at radius 3 is 2.66 bits per heavy atom. The quantitative estimate of drug-likeness (QED) is 0.419. The number of para-hydroxylation sites is 1. The molecule has 0 spiro atoms. The highest BCUT2D eigenvalue weighted by Crippen LogP contribution is 2.44. The van der Waals surface area contributed by atoms with E-state index in [1.54, 1.807) is 11.8 Å². The topological polar surface area (TPSA) is 110 Å². The largest absolute Gasteiger partial charge is 0.496 e. The molecule has 0 saturated heterocycles. The fraction of sp³-hybridized carbons (Fsp3) is 0.125. The van der Waals surface area contributed by atoms with Crippen molar-refractivity contribution in [1.82, 2.24) is 14.8 Å². The molecule has 8 heteroatoms. The number of hydrogen-bond donors (Lipinski definition) is 2. The minimum atomic E-state index is -0.725. The van der Waals surface area contributed by atoms with Crippen molar-refractivity contribution in [3.05, 3.63) is 87.7 Å². The number of fused-ring (bicyclic) bond motifs is 2. The van der Waals surface area contributed by atoms with Crippen LogP contribution in [-0.4, -0.2) is 21.9 Å². The van der Waals surface area contributed by atoms with Crippen molar-refractivity contribution in [2.24, 2.45) is 0 Å². The third-order valence-electron chi connectivity index (χ3n) is 5.54. The van der Waals surface area contributed by atoms with Gasteiger partial charge in [-0.1, -0.05) is 42.5 Å². The summed E-state index contributed by atoms with van der Waals surface area (Å²) >= 11 is 1.46. The third-order valence-corrected chi connectivity index (χ3v) is 6.66. The zero-order valence-electron chi connectivity index (χ0n) is 17.1. The van der Waals surface area contributed by atoms with Crippen molar-refractivity contribution < 1.29 is 4.74 Å².